The van der Waals surface area contributed by atoms with Crippen molar-refractivity contribution >= 4 is 5.91 Å². The van der Waals surface area contributed by atoms with E-state index < -0.39 is 6.10 Å². The van der Waals surface area contributed by atoms with Crippen LogP contribution in [0.1, 0.15) is 48.8 Å². The predicted octanol–water partition coefficient (Wildman–Crippen LogP) is 2.95. The van der Waals surface area contributed by atoms with Crippen LogP contribution in [0.5, 0.6) is 5.88 Å². The highest BCUT2D eigenvalue weighted by Gasteiger charge is 2.32. The van der Waals surface area contributed by atoms with Crippen LogP contribution in [0.4, 0.5) is 0 Å². The summed E-state index contributed by atoms with van der Waals surface area (Å²) in [5.74, 6) is 1.10. The molecule has 1 N–H and O–H groups in total. The lowest BCUT2D eigenvalue weighted by molar-refractivity contribution is -0.132. The fraction of sp³-hybridized carbons (Fsp3) is 0.444. The van der Waals surface area contributed by atoms with Gasteiger partial charge in [-0.1, -0.05) is 30.3 Å². The number of carbonyl (C=O) groups excluding carboxylic acids is 1. The number of hydrogen-bond donors (Lipinski definition) is 1. The number of nitrogens with one attached hydrogen (secondary N) is 1. The van der Waals surface area contributed by atoms with Gasteiger partial charge in [0, 0.05) is 13.5 Å². The molecule has 0 fully saturated rings. The van der Waals surface area contributed by atoms with Crippen molar-refractivity contribution in [2.75, 3.05) is 13.7 Å². The van der Waals surface area contributed by atoms with Gasteiger partial charge in [0.1, 0.15) is 5.76 Å². The zero-order valence-corrected chi connectivity index (χ0v) is 14.0. The van der Waals surface area contributed by atoms with Crippen molar-refractivity contribution in [3.63, 3.8) is 0 Å². The third-order valence-corrected chi connectivity index (χ3v) is 4.19. The zero-order chi connectivity index (χ0) is 16.9. The van der Waals surface area contributed by atoms with E-state index >= 15 is 0 Å². The van der Waals surface area contributed by atoms with Gasteiger partial charge in [0.25, 0.3) is 11.8 Å². The first kappa shape index (κ1) is 16.5. The topological polar surface area (TPSA) is 73.6 Å². The van der Waals surface area contributed by atoms with Crippen LogP contribution >= 0.6 is 0 Å². The maximum Gasteiger partial charge on any atom is 0.259 e. The number of nitrogens with zero attached hydrogens (tertiary/aromatic N) is 1. The maximum atomic E-state index is 12.7. The molecule has 1 amide bonds. The molecule has 1 aromatic carbocycles. The van der Waals surface area contributed by atoms with Gasteiger partial charge in [-0.25, -0.2) is 0 Å². The molecule has 0 radical (unpaired) electrons. The lowest BCUT2D eigenvalue weighted by Gasteiger charge is -2.25. The molecule has 1 heterocycles. The number of rotatable bonds is 6. The summed E-state index contributed by atoms with van der Waals surface area (Å²) in [6, 6.07) is 9.28. The third kappa shape index (κ3) is 3.28. The fourth-order valence-corrected chi connectivity index (χ4v) is 3.10. The van der Waals surface area contributed by atoms with E-state index in [1.807, 2.05) is 37.3 Å². The molecule has 3 rings (SSSR count). The second-order valence-electron chi connectivity index (χ2n) is 5.74. The van der Waals surface area contributed by atoms with E-state index in [1.165, 1.54) is 7.11 Å². The number of fused-ring (bicyclic) bond motifs is 1. The molecule has 2 aromatic rings. The molecule has 128 valence electrons. The highest BCUT2D eigenvalue weighted by molar-refractivity contribution is 5.82. The van der Waals surface area contributed by atoms with Crippen molar-refractivity contribution in [3.8, 4) is 5.88 Å². The Labute approximate surface area is 141 Å². The van der Waals surface area contributed by atoms with Crippen LogP contribution in [0.15, 0.2) is 34.9 Å². The van der Waals surface area contributed by atoms with Crippen LogP contribution in [0.25, 0.3) is 0 Å². The van der Waals surface area contributed by atoms with Gasteiger partial charge < -0.3 is 19.3 Å². The molecule has 1 aromatic heterocycles. The molecule has 6 heteroatoms. The third-order valence-electron chi connectivity index (χ3n) is 4.19. The maximum absolute atomic E-state index is 12.7. The minimum Gasteiger partial charge on any atom is -0.476 e. The molecule has 0 bridgehead atoms. The molecule has 0 saturated heterocycles. The summed E-state index contributed by atoms with van der Waals surface area (Å²) in [6.07, 6.45) is 1.92. The van der Waals surface area contributed by atoms with E-state index in [9.17, 15) is 4.79 Å². The zero-order valence-electron chi connectivity index (χ0n) is 14.0. The summed E-state index contributed by atoms with van der Waals surface area (Å²) in [7, 11) is 1.54. The molecule has 0 unspecified atom stereocenters. The summed E-state index contributed by atoms with van der Waals surface area (Å²) in [4.78, 5) is 12.7. The van der Waals surface area contributed by atoms with Crippen molar-refractivity contribution in [2.24, 2.45) is 0 Å². The van der Waals surface area contributed by atoms with Gasteiger partial charge in [0.05, 0.1) is 18.2 Å². The van der Waals surface area contributed by atoms with Gasteiger partial charge in [-0.3, -0.25) is 4.79 Å². The molecule has 1 aliphatic carbocycles. The number of benzene rings is 1. The number of aryl methyl sites for hydroxylation is 1. The minimum absolute atomic E-state index is 0.171. The Kier molecular flexibility index (Phi) is 5.15. The average Bonchev–Trinajstić information content (AvgIpc) is 3.01. The normalized spacial score (nSPS) is 17.8. The van der Waals surface area contributed by atoms with Crippen molar-refractivity contribution in [1.29, 1.82) is 0 Å². The first-order valence-corrected chi connectivity index (χ1v) is 8.24. The largest absolute Gasteiger partial charge is 0.476 e. The van der Waals surface area contributed by atoms with Gasteiger partial charge in [0.15, 0.2) is 6.10 Å². The molecule has 2 atom stereocenters. The molecule has 0 aliphatic heterocycles. The molecule has 1 aliphatic rings. The smallest absolute Gasteiger partial charge is 0.259 e. The number of hydrogen-bond acceptors (Lipinski definition) is 5. The minimum atomic E-state index is -0.646. The number of methoxy groups -OCH3 is 1. The molecule has 0 spiro atoms. The Bertz CT molecular complexity index is 684. The lowest BCUT2D eigenvalue weighted by atomic mass is 9.93. The Morgan fingerprint density at radius 1 is 1.42 bits per heavy atom. The van der Waals surface area contributed by atoms with Gasteiger partial charge in [-0.05, 0) is 30.5 Å². The summed E-state index contributed by atoms with van der Waals surface area (Å²) in [5, 5.41) is 7.05. The van der Waals surface area contributed by atoms with Crippen LogP contribution < -0.4 is 10.1 Å². The number of carbonyl (C=O) groups is 1. The van der Waals surface area contributed by atoms with Gasteiger partial charge in [0.2, 0.25) is 0 Å². The highest BCUT2D eigenvalue weighted by Crippen LogP contribution is 2.36. The SMILES string of the molecule is CCOc1noc2c1[C@@H](NC(=O)[C@H](OC)c1ccccc1)CCC2. The Balaban J connectivity index is 1.79. The average molecular weight is 330 g/mol. The summed E-state index contributed by atoms with van der Waals surface area (Å²) >= 11 is 0. The van der Waals surface area contributed by atoms with Crippen LogP contribution in [0, 0.1) is 0 Å². The molecular formula is C18H22N2O4. The van der Waals surface area contributed by atoms with Crippen molar-refractivity contribution in [1.82, 2.24) is 10.5 Å². The Hall–Kier alpha value is -2.34. The van der Waals surface area contributed by atoms with Gasteiger partial charge >= 0.3 is 0 Å². The second kappa shape index (κ2) is 7.49. The van der Waals surface area contributed by atoms with Crippen LogP contribution in [0.3, 0.4) is 0 Å². The predicted molar refractivity (Wildman–Crippen MR) is 87.7 cm³/mol. The first-order valence-electron chi connectivity index (χ1n) is 8.24. The van der Waals surface area contributed by atoms with Crippen molar-refractivity contribution < 1.29 is 18.8 Å². The van der Waals surface area contributed by atoms with Crippen LogP contribution in [0.2, 0.25) is 0 Å². The van der Waals surface area contributed by atoms with Crippen molar-refractivity contribution in [3.05, 3.63) is 47.2 Å². The summed E-state index contributed by atoms with van der Waals surface area (Å²) in [6.45, 7) is 2.40. The van der Waals surface area contributed by atoms with Gasteiger partial charge in [-0.15, -0.1) is 0 Å². The first-order chi connectivity index (χ1) is 11.7. The monoisotopic (exact) mass is 330 g/mol. The number of ether oxygens (including phenoxy) is 2. The lowest BCUT2D eigenvalue weighted by Crippen LogP contribution is -2.35. The standard InChI is InChI=1S/C18H22N2O4/c1-3-23-18-15-13(10-7-11-14(15)24-20-18)19-17(21)16(22-2)12-8-5-4-6-9-12/h4-6,8-9,13,16H,3,7,10-11H2,1-2H3,(H,19,21)/t13-,16+/m0/s1. The van der Waals surface area contributed by atoms with E-state index in [2.05, 4.69) is 10.5 Å². The van der Waals surface area contributed by atoms with E-state index in [0.717, 1.165) is 36.1 Å². The van der Waals surface area contributed by atoms with Crippen LogP contribution in [-0.4, -0.2) is 24.8 Å². The van der Waals surface area contributed by atoms with E-state index in [0.29, 0.717) is 12.5 Å². The van der Waals surface area contributed by atoms with Crippen LogP contribution in [-0.2, 0) is 16.0 Å². The van der Waals surface area contributed by atoms with Gasteiger partial charge in [-0.2, -0.15) is 0 Å². The molecular weight excluding hydrogens is 308 g/mol. The fourth-order valence-electron chi connectivity index (χ4n) is 3.10. The Morgan fingerprint density at radius 3 is 2.92 bits per heavy atom. The second-order valence-corrected chi connectivity index (χ2v) is 5.74. The highest BCUT2D eigenvalue weighted by atomic mass is 16.5. The molecule has 24 heavy (non-hydrogen) atoms. The van der Waals surface area contributed by atoms with E-state index in [1.54, 1.807) is 0 Å². The number of aromatic nitrogens is 1. The Morgan fingerprint density at radius 2 is 2.21 bits per heavy atom. The van der Waals surface area contributed by atoms with E-state index in [-0.39, 0.29) is 11.9 Å². The quantitative estimate of drug-likeness (QED) is 0.881. The summed E-state index contributed by atoms with van der Waals surface area (Å²) in [5.41, 5.74) is 1.68. The number of amides is 1. The van der Waals surface area contributed by atoms with E-state index in [4.69, 9.17) is 14.0 Å². The molecule has 0 saturated carbocycles. The molecule has 6 nitrogen and oxygen atoms in total. The van der Waals surface area contributed by atoms with Crippen molar-refractivity contribution in [2.45, 2.75) is 38.3 Å². The summed E-state index contributed by atoms with van der Waals surface area (Å²) < 4.78 is 16.3.